The van der Waals surface area contributed by atoms with E-state index < -0.39 is 5.97 Å². The minimum Gasteiger partial charge on any atom is -0.507 e. The summed E-state index contributed by atoms with van der Waals surface area (Å²) >= 11 is 0. The number of aromatic carboxylic acids is 1. The molecule has 0 aromatic heterocycles. The summed E-state index contributed by atoms with van der Waals surface area (Å²) in [5.41, 5.74) is -0.0982. The van der Waals surface area contributed by atoms with Crippen LogP contribution in [0.3, 0.4) is 0 Å². The molecule has 0 saturated heterocycles. The second-order valence-corrected chi connectivity index (χ2v) is 8.61. The van der Waals surface area contributed by atoms with Crippen molar-refractivity contribution in [3.63, 3.8) is 0 Å². The van der Waals surface area contributed by atoms with Crippen LogP contribution in [0.2, 0.25) is 0 Å². The maximum atomic E-state index is 10.9. The number of carbonyl (C=O) groups is 1. The fraction of sp³-hybridized carbons (Fsp3) is 0.720. The zero-order chi connectivity index (χ0) is 21.3. The van der Waals surface area contributed by atoms with Crippen LogP contribution >= 0.6 is 0 Å². The quantitative estimate of drug-likeness (QED) is 0.246. The maximum Gasteiger partial charge on any atom is 0.339 e. The van der Waals surface area contributed by atoms with E-state index in [2.05, 4.69) is 13.8 Å². The van der Waals surface area contributed by atoms with Gasteiger partial charge in [-0.05, 0) is 24.5 Å². The number of aromatic hydroxyl groups is 1. The Morgan fingerprint density at radius 3 is 1.76 bits per heavy atom. The average molecular weight is 407 g/mol. The lowest BCUT2D eigenvalue weighted by Gasteiger charge is -2.08. The lowest BCUT2D eigenvalue weighted by atomic mass is 10.0. The molecule has 0 aliphatic carbocycles. The fourth-order valence-electron chi connectivity index (χ4n) is 3.57. The zero-order valence-electron chi connectivity index (χ0n) is 18.6. The molecule has 0 fully saturated rings. The van der Waals surface area contributed by atoms with Crippen molar-refractivity contribution >= 4 is 5.97 Å². The molecule has 0 aliphatic heterocycles. The smallest absolute Gasteiger partial charge is 0.339 e. The van der Waals surface area contributed by atoms with Crippen LogP contribution in [-0.4, -0.2) is 22.8 Å². The first-order valence-corrected chi connectivity index (χ1v) is 11.7. The maximum absolute atomic E-state index is 10.9. The van der Waals surface area contributed by atoms with Gasteiger partial charge in [-0.15, -0.1) is 0 Å². The molecule has 2 N–H and O–H groups in total. The first kappa shape index (κ1) is 25.3. The van der Waals surface area contributed by atoms with Crippen molar-refractivity contribution in [2.24, 2.45) is 5.92 Å². The molecule has 4 nitrogen and oxygen atoms in total. The molecule has 29 heavy (non-hydrogen) atoms. The number of carboxylic acids is 1. The molecule has 0 radical (unpaired) electrons. The average Bonchev–Trinajstić information content (AvgIpc) is 2.67. The summed E-state index contributed by atoms with van der Waals surface area (Å²) in [5.74, 6) is -0.00506. The first-order valence-electron chi connectivity index (χ1n) is 11.7. The number of carboxylic acid groups (broad SMARTS) is 1. The molecule has 1 rings (SSSR count). The molecular formula is C25H42O4. The molecule has 0 heterocycles. The van der Waals surface area contributed by atoms with Crippen molar-refractivity contribution in [1.29, 1.82) is 0 Å². The summed E-state index contributed by atoms with van der Waals surface area (Å²) in [6, 6.07) is 4.34. The predicted molar refractivity (Wildman–Crippen MR) is 120 cm³/mol. The number of hydrogen-bond acceptors (Lipinski definition) is 3. The highest BCUT2D eigenvalue weighted by molar-refractivity contribution is 5.90. The van der Waals surface area contributed by atoms with Gasteiger partial charge in [-0.25, -0.2) is 4.79 Å². The van der Waals surface area contributed by atoms with E-state index in [4.69, 9.17) is 9.84 Å². The molecule has 166 valence electrons. The molecule has 4 heteroatoms. The van der Waals surface area contributed by atoms with E-state index in [0.717, 1.165) is 18.8 Å². The van der Waals surface area contributed by atoms with Gasteiger partial charge in [0.25, 0.3) is 0 Å². The summed E-state index contributed by atoms with van der Waals surface area (Å²) in [6.07, 6.45) is 18.6. The summed E-state index contributed by atoms with van der Waals surface area (Å²) in [6.45, 7) is 5.22. The number of rotatable bonds is 18. The van der Waals surface area contributed by atoms with E-state index in [1.165, 1.54) is 89.2 Å². The van der Waals surface area contributed by atoms with Crippen LogP contribution in [0.1, 0.15) is 114 Å². The van der Waals surface area contributed by atoms with Gasteiger partial charge in [0.05, 0.1) is 6.61 Å². The van der Waals surface area contributed by atoms with Gasteiger partial charge in [-0.2, -0.15) is 0 Å². The molecule has 0 spiro atoms. The SMILES string of the molecule is CC(C)CCCCCCCCCCCCCCCOc1ccc(C(=O)O)c(O)c1. The largest absolute Gasteiger partial charge is 0.507 e. The normalized spacial score (nSPS) is 11.1. The van der Waals surface area contributed by atoms with E-state index in [0.29, 0.717) is 12.4 Å². The molecule has 0 bridgehead atoms. The molecule has 1 aromatic rings. The molecule has 1 aromatic carbocycles. The summed E-state index contributed by atoms with van der Waals surface area (Å²) in [4.78, 5) is 10.9. The lowest BCUT2D eigenvalue weighted by molar-refractivity contribution is 0.0693. The molecular weight excluding hydrogens is 364 g/mol. The zero-order valence-corrected chi connectivity index (χ0v) is 18.6. The highest BCUT2D eigenvalue weighted by atomic mass is 16.5. The molecule has 0 amide bonds. The highest BCUT2D eigenvalue weighted by Gasteiger charge is 2.09. The predicted octanol–water partition coefficient (Wildman–Crippen LogP) is 7.59. The van der Waals surface area contributed by atoms with Crippen molar-refractivity contribution < 1.29 is 19.7 Å². The number of phenols is 1. The molecule has 0 atom stereocenters. The van der Waals surface area contributed by atoms with Gasteiger partial charge in [-0.1, -0.05) is 97.3 Å². The first-order chi connectivity index (χ1) is 14.0. The molecule has 0 unspecified atom stereocenters. The van der Waals surface area contributed by atoms with Crippen LogP contribution in [0.25, 0.3) is 0 Å². The van der Waals surface area contributed by atoms with Gasteiger partial charge >= 0.3 is 5.97 Å². The summed E-state index contributed by atoms with van der Waals surface area (Å²) in [5, 5.41) is 18.5. The van der Waals surface area contributed by atoms with Crippen LogP contribution in [0.15, 0.2) is 18.2 Å². The van der Waals surface area contributed by atoms with Gasteiger partial charge in [0.2, 0.25) is 0 Å². The van der Waals surface area contributed by atoms with E-state index in [1.807, 2.05) is 0 Å². The Labute approximate surface area is 177 Å². The lowest BCUT2D eigenvalue weighted by Crippen LogP contribution is -2.00. The Morgan fingerprint density at radius 2 is 1.31 bits per heavy atom. The third kappa shape index (κ3) is 13.2. The monoisotopic (exact) mass is 406 g/mol. The number of hydrogen-bond donors (Lipinski definition) is 2. The van der Waals surface area contributed by atoms with Crippen LogP contribution in [0, 0.1) is 5.92 Å². The Bertz CT molecular complexity index is 554. The third-order valence-electron chi connectivity index (χ3n) is 5.39. The van der Waals surface area contributed by atoms with Gasteiger partial charge in [0.15, 0.2) is 0 Å². The van der Waals surface area contributed by atoms with Crippen LogP contribution < -0.4 is 4.74 Å². The van der Waals surface area contributed by atoms with Crippen LogP contribution in [0.4, 0.5) is 0 Å². The van der Waals surface area contributed by atoms with Gasteiger partial charge in [-0.3, -0.25) is 0 Å². The second kappa shape index (κ2) is 16.1. The molecule has 0 aliphatic rings. The van der Waals surface area contributed by atoms with Crippen LogP contribution in [0.5, 0.6) is 11.5 Å². The van der Waals surface area contributed by atoms with E-state index in [9.17, 15) is 9.90 Å². The number of benzene rings is 1. The fourth-order valence-corrected chi connectivity index (χ4v) is 3.57. The van der Waals surface area contributed by atoms with Crippen LogP contribution in [-0.2, 0) is 0 Å². The van der Waals surface area contributed by atoms with Crippen molar-refractivity contribution in [2.75, 3.05) is 6.61 Å². The Hall–Kier alpha value is -1.71. The second-order valence-electron chi connectivity index (χ2n) is 8.61. The topological polar surface area (TPSA) is 66.8 Å². The van der Waals surface area contributed by atoms with Crippen molar-refractivity contribution in [3.8, 4) is 11.5 Å². The van der Waals surface area contributed by atoms with Gasteiger partial charge < -0.3 is 14.9 Å². The highest BCUT2D eigenvalue weighted by Crippen LogP contribution is 2.23. The summed E-state index contributed by atoms with van der Waals surface area (Å²) in [7, 11) is 0. The minimum absolute atomic E-state index is 0.0982. The minimum atomic E-state index is -1.13. The van der Waals surface area contributed by atoms with E-state index in [1.54, 1.807) is 6.07 Å². The van der Waals surface area contributed by atoms with Crippen molar-refractivity contribution in [3.05, 3.63) is 23.8 Å². The molecule has 0 saturated carbocycles. The van der Waals surface area contributed by atoms with E-state index in [-0.39, 0.29) is 11.3 Å². The summed E-state index contributed by atoms with van der Waals surface area (Å²) < 4.78 is 5.59. The number of unbranched alkanes of at least 4 members (excludes halogenated alkanes) is 12. The van der Waals surface area contributed by atoms with Crippen molar-refractivity contribution in [1.82, 2.24) is 0 Å². The Morgan fingerprint density at radius 1 is 0.828 bits per heavy atom. The van der Waals surface area contributed by atoms with Gasteiger partial charge in [0.1, 0.15) is 17.1 Å². The standard InChI is InChI=1S/C25H42O4/c1-21(2)16-14-12-10-8-6-4-3-5-7-9-11-13-15-19-29-22-17-18-23(25(27)28)24(26)20-22/h17-18,20-21,26H,3-16,19H2,1-2H3,(H,27,28). The Kier molecular flexibility index (Phi) is 14.1. The third-order valence-corrected chi connectivity index (χ3v) is 5.39. The number of ether oxygens (including phenoxy) is 1. The van der Waals surface area contributed by atoms with Gasteiger partial charge in [0, 0.05) is 6.07 Å². The Balaban J connectivity index is 1.86. The van der Waals surface area contributed by atoms with Crippen molar-refractivity contribution in [2.45, 2.75) is 104 Å². The van der Waals surface area contributed by atoms with E-state index >= 15 is 0 Å².